The summed E-state index contributed by atoms with van der Waals surface area (Å²) in [7, 11) is 1.43. The number of esters is 1. The van der Waals surface area contributed by atoms with Crippen molar-refractivity contribution in [3.8, 4) is 5.75 Å². The van der Waals surface area contributed by atoms with Gasteiger partial charge in [0.1, 0.15) is 23.6 Å². The highest BCUT2D eigenvalue weighted by Crippen LogP contribution is 2.30. The normalized spacial score (nSPS) is 24.0. The quantitative estimate of drug-likeness (QED) is 0.572. The van der Waals surface area contributed by atoms with Crippen LogP contribution in [0.5, 0.6) is 5.75 Å². The predicted molar refractivity (Wildman–Crippen MR) is 122 cm³/mol. The fourth-order valence-electron chi connectivity index (χ4n) is 3.04. The Labute approximate surface area is 193 Å². The number of hydrogen-bond acceptors (Lipinski definition) is 8. The molecule has 33 heavy (non-hydrogen) atoms. The maximum Gasteiger partial charge on any atom is 0.412 e. The molecule has 0 unspecified atom stereocenters. The smallest absolute Gasteiger partial charge is 0.412 e. The van der Waals surface area contributed by atoms with Crippen LogP contribution in [0.1, 0.15) is 56.5 Å². The lowest BCUT2D eigenvalue weighted by atomic mass is 10.0. The molecule has 0 aromatic heterocycles. The Bertz CT molecular complexity index is 945. The summed E-state index contributed by atoms with van der Waals surface area (Å²) >= 11 is 0. The fraction of sp³-hybridized carbons (Fsp3) is 0.458. The molecular formula is C24H31NO8. The second kappa shape index (κ2) is 11.1. The van der Waals surface area contributed by atoms with Gasteiger partial charge < -0.3 is 24.4 Å². The molecule has 180 valence electrons. The molecular weight excluding hydrogens is 430 g/mol. The summed E-state index contributed by atoms with van der Waals surface area (Å²) < 4.78 is 16.1. The van der Waals surface area contributed by atoms with E-state index < -0.39 is 41.8 Å². The van der Waals surface area contributed by atoms with Crippen LogP contribution in [0.25, 0.3) is 6.08 Å². The van der Waals surface area contributed by atoms with Crippen molar-refractivity contribution in [1.82, 2.24) is 0 Å². The molecule has 1 aliphatic rings. The third kappa shape index (κ3) is 7.73. The molecule has 0 bridgehead atoms. The molecule has 0 saturated heterocycles. The van der Waals surface area contributed by atoms with Gasteiger partial charge in [-0.15, -0.1) is 0 Å². The van der Waals surface area contributed by atoms with Crippen LogP contribution < -0.4 is 10.1 Å². The minimum atomic E-state index is -1.58. The van der Waals surface area contributed by atoms with Gasteiger partial charge in [-0.1, -0.05) is 18.2 Å². The van der Waals surface area contributed by atoms with E-state index in [0.29, 0.717) is 11.3 Å². The number of methoxy groups -OCH3 is 1. The average Bonchev–Trinajstić information content (AvgIpc) is 2.70. The number of anilines is 1. The van der Waals surface area contributed by atoms with Crippen LogP contribution in [0.15, 0.2) is 30.4 Å². The van der Waals surface area contributed by atoms with E-state index in [1.807, 2.05) is 0 Å². The summed E-state index contributed by atoms with van der Waals surface area (Å²) in [4.78, 5) is 37.5. The number of fused-ring (bicyclic) bond motifs is 1. The lowest BCUT2D eigenvalue weighted by molar-refractivity contribution is -0.127. The maximum atomic E-state index is 13.1. The third-order valence-corrected chi connectivity index (χ3v) is 4.61. The Morgan fingerprint density at radius 1 is 1.12 bits per heavy atom. The molecule has 1 heterocycles. The SMILES string of the molecule is COc1cc2c(c(NC(=O)OC(C)(C)C)c1)C(=O)O[C@@H](C)C/C=C\C(=O)[C@@H](O)[C@@H](O)C/C=C/2. The molecule has 3 N–H and O–H groups in total. The van der Waals surface area contributed by atoms with E-state index in [4.69, 9.17) is 14.2 Å². The standard InChI is InChI=1S/C24H31NO8/c1-14-8-6-10-18(26)21(28)19(27)11-7-9-15-12-16(31-5)13-17(20(15)22(29)32-14)25-23(30)33-24(2,3)4/h6-7,9-10,12-14,19,21,27-28H,8,11H2,1-5H3,(H,25,30)/b9-7+,10-6-/t14-,19-,21+/m0/s1. The summed E-state index contributed by atoms with van der Waals surface area (Å²) in [5.41, 5.74) is -0.218. The zero-order valence-electron chi connectivity index (χ0n) is 19.5. The van der Waals surface area contributed by atoms with E-state index in [-0.39, 0.29) is 24.1 Å². The van der Waals surface area contributed by atoms with Crippen LogP contribution in [0.3, 0.4) is 0 Å². The topological polar surface area (TPSA) is 131 Å². The molecule has 1 aromatic carbocycles. The first kappa shape index (κ1) is 26.1. The van der Waals surface area contributed by atoms with Crippen molar-refractivity contribution in [1.29, 1.82) is 0 Å². The third-order valence-electron chi connectivity index (χ3n) is 4.61. The highest BCUT2D eigenvalue weighted by atomic mass is 16.6. The molecule has 1 aromatic rings. The van der Waals surface area contributed by atoms with Crippen LogP contribution in [0, 0.1) is 0 Å². The Morgan fingerprint density at radius 3 is 2.42 bits per heavy atom. The summed E-state index contributed by atoms with van der Waals surface area (Å²) in [6.45, 7) is 6.78. The van der Waals surface area contributed by atoms with Crippen molar-refractivity contribution >= 4 is 29.6 Å². The minimum absolute atomic E-state index is 0.0579. The predicted octanol–water partition coefficient (Wildman–Crippen LogP) is 3.24. The number of ether oxygens (including phenoxy) is 3. The molecule has 0 radical (unpaired) electrons. The first-order valence-corrected chi connectivity index (χ1v) is 10.6. The van der Waals surface area contributed by atoms with E-state index in [2.05, 4.69) is 5.32 Å². The number of ketones is 1. The van der Waals surface area contributed by atoms with Gasteiger partial charge in [0.25, 0.3) is 0 Å². The van der Waals surface area contributed by atoms with Crippen LogP contribution in [-0.4, -0.2) is 59.1 Å². The fourth-order valence-corrected chi connectivity index (χ4v) is 3.04. The summed E-state index contributed by atoms with van der Waals surface area (Å²) in [6.07, 6.45) is 1.50. The van der Waals surface area contributed by atoms with Gasteiger partial charge in [-0.05, 0) is 51.8 Å². The molecule has 0 fully saturated rings. The van der Waals surface area contributed by atoms with Crippen LogP contribution >= 0.6 is 0 Å². The van der Waals surface area contributed by atoms with E-state index in [0.717, 1.165) is 6.08 Å². The van der Waals surface area contributed by atoms with Crippen LogP contribution in [-0.2, 0) is 14.3 Å². The van der Waals surface area contributed by atoms with Crippen molar-refractivity contribution in [2.75, 3.05) is 12.4 Å². The second-order valence-electron chi connectivity index (χ2n) is 8.67. The Morgan fingerprint density at radius 2 is 1.79 bits per heavy atom. The monoisotopic (exact) mass is 461 g/mol. The highest BCUT2D eigenvalue weighted by molar-refractivity contribution is 6.03. The van der Waals surface area contributed by atoms with Gasteiger partial charge in [0.15, 0.2) is 5.78 Å². The maximum absolute atomic E-state index is 13.1. The molecule has 3 atom stereocenters. The molecule has 0 saturated carbocycles. The lowest BCUT2D eigenvalue weighted by Gasteiger charge is -2.22. The van der Waals surface area contributed by atoms with Gasteiger partial charge in [-0.3, -0.25) is 10.1 Å². The number of nitrogens with one attached hydrogen (secondary N) is 1. The van der Waals surface area contributed by atoms with Crippen molar-refractivity contribution in [3.63, 3.8) is 0 Å². The van der Waals surface area contributed by atoms with Crippen LogP contribution in [0.2, 0.25) is 0 Å². The molecule has 1 amide bonds. The number of carbonyl (C=O) groups excluding carboxylic acids is 3. The van der Waals surface area contributed by atoms with Gasteiger partial charge in [0.05, 0.1) is 24.5 Å². The zero-order chi connectivity index (χ0) is 24.8. The largest absolute Gasteiger partial charge is 0.497 e. The number of rotatable bonds is 2. The van der Waals surface area contributed by atoms with Crippen molar-refractivity contribution in [3.05, 3.63) is 41.5 Å². The molecule has 0 spiro atoms. The second-order valence-corrected chi connectivity index (χ2v) is 8.67. The first-order chi connectivity index (χ1) is 15.4. The number of carbonyl (C=O) groups is 3. The van der Waals surface area contributed by atoms with Crippen molar-refractivity contribution in [2.24, 2.45) is 0 Å². The number of benzene rings is 1. The molecule has 9 nitrogen and oxygen atoms in total. The number of hydrogen-bond donors (Lipinski definition) is 3. The molecule has 2 rings (SSSR count). The van der Waals surface area contributed by atoms with Crippen LogP contribution in [0.4, 0.5) is 10.5 Å². The van der Waals surface area contributed by atoms with E-state index in [1.165, 1.54) is 31.4 Å². The summed E-state index contributed by atoms with van der Waals surface area (Å²) in [6, 6.07) is 3.04. The molecule has 9 heteroatoms. The van der Waals surface area contributed by atoms with Gasteiger partial charge in [0.2, 0.25) is 0 Å². The van der Waals surface area contributed by atoms with E-state index in [1.54, 1.807) is 33.8 Å². The number of cyclic esters (lactones) is 1. The summed E-state index contributed by atoms with van der Waals surface area (Å²) in [5, 5.41) is 22.8. The van der Waals surface area contributed by atoms with E-state index in [9.17, 15) is 24.6 Å². The molecule has 1 aliphatic heterocycles. The number of amides is 1. The van der Waals surface area contributed by atoms with E-state index >= 15 is 0 Å². The van der Waals surface area contributed by atoms with Gasteiger partial charge in [-0.25, -0.2) is 9.59 Å². The van der Waals surface area contributed by atoms with Gasteiger partial charge in [-0.2, -0.15) is 0 Å². The van der Waals surface area contributed by atoms with Gasteiger partial charge >= 0.3 is 12.1 Å². The summed E-state index contributed by atoms with van der Waals surface area (Å²) in [5.74, 6) is -0.990. The molecule has 0 aliphatic carbocycles. The lowest BCUT2D eigenvalue weighted by Crippen LogP contribution is -2.32. The van der Waals surface area contributed by atoms with Crippen molar-refractivity contribution < 1.29 is 38.8 Å². The highest BCUT2D eigenvalue weighted by Gasteiger charge is 2.25. The zero-order valence-corrected chi connectivity index (χ0v) is 19.5. The van der Waals surface area contributed by atoms with Gasteiger partial charge in [0, 0.05) is 12.5 Å². The Balaban J connectivity index is 2.54. The van der Waals surface area contributed by atoms with Crippen molar-refractivity contribution in [2.45, 2.75) is 64.4 Å². The Kier molecular flexibility index (Phi) is 8.78. The Hall–Kier alpha value is -3.17. The number of aliphatic hydroxyl groups excluding tert-OH is 2. The first-order valence-electron chi connectivity index (χ1n) is 10.6. The number of aliphatic hydroxyl groups is 2. The minimum Gasteiger partial charge on any atom is -0.497 e. The average molecular weight is 462 g/mol.